The van der Waals surface area contributed by atoms with Crippen LogP contribution in [0.25, 0.3) is 0 Å². The number of carbonyl (C=O) groups excluding carboxylic acids is 1. The molecule has 3 aliphatic heterocycles. The van der Waals surface area contributed by atoms with Crippen molar-refractivity contribution >= 4 is 11.9 Å². The van der Waals surface area contributed by atoms with Gasteiger partial charge in [0.1, 0.15) is 6.61 Å². The first kappa shape index (κ1) is 24.8. The van der Waals surface area contributed by atoms with E-state index in [-0.39, 0.29) is 18.6 Å². The van der Waals surface area contributed by atoms with Crippen LogP contribution < -0.4 is 0 Å². The van der Waals surface area contributed by atoms with Gasteiger partial charge in [-0.15, -0.1) is 0 Å². The van der Waals surface area contributed by atoms with Gasteiger partial charge < -0.3 is 24.2 Å². The lowest BCUT2D eigenvalue weighted by molar-refractivity contribution is -0.192. The van der Waals surface area contributed by atoms with Crippen LogP contribution in [-0.4, -0.2) is 104 Å². The Balaban J connectivity index is 0.000000396. The monoisotopic (exact) mass is 440 g/mol. The van der Waals surface area contributed by atoms with Crippen molar-refractivity contribution in [3.8, 4) is 0 Å². The van der Waals surface area contributed by atoms with Gasteiger partial charge in [0.15, 0.2) is 0 Å². The van der Waals surface area contributed by atoms with Gasteiger partial charge in [0.25, 0.3) is 0 Å². The third-order valence-corrected chi connectivity index (χ3v) is 5.56. The molecule has 0 unspecified atom stereocenters. The zero-order chi connectivity index (χ0) is 22.1. The maximum Gasteiger partial charge on any atom is 0.490 e. The summed E-state index contributed by atoms with van der Waals surface area (Å²) in [7, 11) is 1.75. The summed E-state index contributed by atoms with van der Waals surface area (Å²) in [4.78, 5) is 25.2. The van der Waals surface area contributed by atoms with Crippen LogP contribution in [0.1, 0.15) is 32.1 Å². The molecular weight excluding hydrogens is 409 g/mol. The van der Waals surface area contributed by atoms with E-state index in [1.54, 1.807) is 7.11 Å². The molecule has 1 amide bonds. The second-order valence-electron chi connectivity index (χ2n) is 7.66. The SMILES string of the molecule is COCCN1CC[C@@H]2O[C@@H](COCC(=O)N3CCCC3)CC[C@@H]21.O=C(O)C(F)(F)F. The largest absolute Gasteiger partial charge is 0.490 e. The topological polar surface area (TPSA) is 88.5 Å². The van der Waals surface area contributed by atoms with E-state index >= 15 is 0 Å². The van der Waals surface area contributed by atoms with Crippen LogP contribution in [0.4, 0.5) is 13.2 Å². The Labute approximate surface area is 174 Å². The number of amides is 1. The average molecular weight is 440 g/mol. The van der Waals surface area contributed by atoms with E-state index in [1.165, 1.54) is 0 Å². The van der Waals surface area contributed by atoms with Crippen molar-refractivity contribution < 1.29 is 42.1 Å². The van der Waals surface area contributed by atoms with Crippen molar-refractivity contribution in [3.63, 3.8) is 0 Å². The number of halogens is 3. The fourth-order valence-electron chi connectivity index (χ4n) is 4.03. The number of alkyl halides is 3. The van der Waals surface area contributed by atoms with Crippen molar-refractivity contribution in [2.75, 3.05) is 53.1 Å². The fraction of sp³-hybridized carbons (Fsp3) is 0.895. The number of ether oxygens (including phenoxy) is 3. The maximum absolute atomic E-state index is 12.0. The lowest BCUT2D eigenvalue weighted by atomic mass is 9.99. The number of aliphatic carboxylic acids is 1. The number of nitrogens with zero attached hydrogens (tertiary/aromatic N) is 2. The van der Waals surface area contributed by atoms with Gasteiger partial charge in [0, 0.05) is 39.3 Å². The molecule has 0 radical (unpaired) electrons. The molecule has 0 bridgehead atoms. The molecule has 3 saturated heterocycles. The molecule has 8 nitrogen and oxygen atoms in total. The highest BCUT2D eigenvalue weighted by atomic mass is 19.4. The second kappa shape index (κ2) is 11.8. The number of carboxylic acid groups (broad SMARTS) is 1. The Morgan fingerprint density at radius 2 is 1.80 bits per heavy atom. The molecule has 3 rings (SSSR count). The zero-order valence-electron chi connectivity index (χ0n) is 17.2. The summed E-state index contributed by atoms with van der Waals surface area (Å²) in [5, 5.41) is 7.12. The number of hydrogen-bond acceptors (Lipinski definition) is 6. The number of likely N-dealkylation sites (tertiary alicyclic amines) is 2. The predicted octanol–water partition coefficient (Wildman–Crippen LogP) is 1.53. The number of fused-ring (bicyclic) bond motifs is 1. The second-order valence-corrected chi connectivity index (χ2v) is 7.66. The molecule has 11 heteroatoms. The molecule has 0 spiro atoms. The molecule has 3 heterocycles. The van der Waals surface area contributed by atoms with E-state index < -0.39 is 12.1 Å². The fourth-order valence-corrected chi connectivity index (χ4v) is 4.03. The number of hydrogen-bond donors (Lipinski definition) is 1. The van der Waals surface area contributed by atoms with Crippen LogP contribution in [0.15, 0.2) is 0 Å². The summed E-state index contributed by atoms with van der Waals surface area (Å²) in [5.74, 6) is -2.63. The third-order valence-electron chi connectivity index (χ3n) is 5.56. The van der Waals surface area contributed by atoms with E-state index in [4.69, 9.17) is 24.1 Å². The molecule has 30 heavy (non-hydrogen) atoms. The highest BCUT2D eigenvalue weighted by Gasteiger charge is 2.39. The zero-order valence-corrected chi connectivity index (χ0v) is 17.2. The maximum atomic E-state index is 12.0. The van der Waals surface area contributed by atoms with Gasteiger partial charge in [-0.2, -0.15) is 13.2 Å². The van der Waals surface area contributed by atoms with Gasteiger partial charge in [-0.05, 0) is 32.1 Å². The van der Waals surface area contributed by atoms with Crippen LogP contribution in [0.2, 0.25) is 0 Å². The first-order valence-corrected chi connectivity index (χ1v) is 10.3. The molecule has 0 aromatic heterocycles. The Morgan fingerprint density at radius 1 is 1.13 bits per heavy atom. The molecule has 0 aromatic rings. The molecule has 3 aliphatic rings. The summed E-state index contributed by atoms with van der Waals surface area (Å²) >= 11 is 0. The normalized spacial score (nSPS) is 26.8. The highest BCUT2D eigenvalue weighted by molar-refractivity contribution is 5.77. The van der Waals surface area contributed by atoms with E-state index in [0.717, 1.165) is 64.9 Å². The summed E-state index contributed by atoms with van der Waals surface area (Å²) in [5.41, 5.74) is 0. The lowest BCUT2D eigenvalue weighted by Gasteiger charge is -2.36. The van der Waals surface area contributed by atoms with E-state index in [2.05, 4.69) is 4.90 Å². The van der Waals surface area contributed by atoms with Gasteiger partial charge >= 0.3 is 12.1 Å². The van der Waals surface area contributed by atoms with E-state index in [9.17, 15) is 18.0 Å². The Hall–Kier alpha value is -1.43. The average Bonchev–Trinajstić information content (AvgIpc) is 3.36. The van der Waals surface area contributed by atoms with Crippen LogP contribution in [0.5, 0.6) is 0 Å². The Morgan fingerprint density at radius 3 is 2.40 bits per heavy atom. The van der Waals surface area contributed by atoms with Gasteiger partial charge in [0.2, 0.25) is 5.91 Å². The quantitative estimate of drug-likeness (QED) is 0.642. The molecular formula is C19H31F3N2O6. The minimum atomic E-state index is -5.08. The van der Waals surface area contributed by atoms with Crippen molar-refractivity contribution in [2.24, 2.45) is 0 Å². The number of carbonyl (C=O) groups is 2. The van der Waals surface area contributed by atoms with Gasteiger partial charge in [-0.3, -0.25) is 9.69 Å². The molecule has 1 N–H and O–H groups in total. The molecule has 0 aromatic carbocycles. The Bertz CT molecular complexity index is 557. The summed E-state index contributed by atoms with van der Waals surface area (Å²) in [6, 6.07) is 0.535. The summed E-state index contributed by atoms with van der Waals surface area (Å²) < 4.78 is 48.8. The number of rotatable bonds is 7. The van der Waals surface area contributed by atoms with Gasteiger partial charge in [-0.25, -0.2) is 4.79 Å². The first-order valence-electron chi connectivity index (χ1n) is 10.3. The molecule has 174 valence electrons. The van der Waals surface area contributed by atoms with Crippen LogP contribution in [0, 0.1) is 0 Å². The van der Waals surface area contributed by atoms with Crippen molar-refractivity contribution in [3.05, 3.63) is 0 Å². The van der Waals surface area contributed by atoms with Gasteiger partial charge in [-0.1, -0.05) is 0 Å². The lowest BCUT2D eigenvalue weighted by Crippen LogP contribution is -2.44. The van der Waals surface area contributed by atoms with Crippen molar-refractivity contribution in [1.82, 2.24) is 9.80 Å². The van der Waals surface area contributed by atoms with Crippen LogP contribution in [0.3, 0.4) is 0 Å². The summed E-state index contributed by atoms with van der Waals surface area (Å²) in [6.45, 7) is 5.40. The van der Waals surface area contributed by atoms with Crippen molar-refractivity contribution in [1.29, 1.82) is 0 Å². The van der Waals surface area contributed by atoms with Crippen LogP contribution in [-0.2, 0) is 23.8 Å². The smallest absolute Gasteiger partial charge is 0.475 e. The minimum Gasteiger partial charge on any atom is -0.475 e. The minimum absolute atomic E-state index is 0.128. The third kappa shape index (κ3) is 7.68. The van der Waals surface area contributed by atoms with Crippen molar-refractivity contribution in [2.45, 2.75) is 56.5 Å². The first-order chi connectivity index (χ1) is 14.2. The molecule has 0 aliphatic carbocycles. The number of methoxy groups -OCH3 is 1. The molecule has 3 fully saturated rings. The van der Waals surface area contributed by atoms with E-state index in [0.29, 0.717) is 18.8 Å². The Kier molecular flexibility index (Phi) is 9.79. The van der Waals surface area contributed by atoms with Gasteiger partial charge in [0.05, 0.1) is 25.4 Å². The summed E-state index contributed by atoms with van der Waals surface area (Å²) in [6.07, 6.45) is 0.900. The highest BCUT2D eigenvalue weighted by Crippen LogP contribution is 2.31. The standard InChI is InChI=1S/C17H30N2O4.C2HF3O2/c1-21-11-10-18-9-6-16-15(18)5-4-14(23-16)12-22-13-17(20)19-7-2-3-8-19;3-2(4,5)1(6)7/h14-16H,2-13H2,1H3;(H,6,7)/t14-,15+,16+;/m1./s1. The number of carboxylic acids is 1. The van der Waals surface area contributed by atoms with Crippen LogP contribution >= 0.6 is 0 Å². The van der Waals surface area contributed by atoms with E-state index in [1.807, 2.05) is 4.90 Å². The molecule has 3 atom stereocenters. The molecule has 0 saturated carbocycles. The predicted molar refractivity (Wildman–Crippen MR) is 100 cm³/mol.